The zero-order valence-corrected chi connectivity index (χ0v) is 6.47. The summed E-state index contributed by atoms with van der Waals surface area (Å²) in [6.07, 6.45) is 2.18. The van der Waals surface area contributed by atoms with Crippen molar-refractivity contribution < 1.29 is 0 Å². The van der Waals surface area contributed by atoms with Crippen LogP contribution in [0, 0.1) is 0 Å². The summed E-state index contributed by atoms with van der Waals surface area (Å²) in [6, 6.07) is 2.18. The average molecular weight is 154 g/mol. The number of fused-ring (bicyclic) bond motifs is 1. The maximum Gasteiger partial charge on any atom is 0.0326 e. The lowest BCUT2D eigenvalue weighted by Gasteiger charge is -2.00. The molecule has 46 valence electrons. The number of rotatable bonds is 0. The third-order valence-corrected chi connectivity index (χ3v) is 3.24. The summed E-state index contributed by atoms with van der Waals surface area (Å²) in [7, 11) is 0. The van der Waals surface area contributed by atoms with Gasteiger partial charge in [-0.05, 0) is 28.5 Å². The predicted molar refractivity (Wildman–Crippen MR) is 44.6 cm³/mol. The Labute approximate surface area is 62.6 Å². The van der Waals surface area contributed by atoms with E-state index < -0.39 is 0 Å². The number of thioether (sulfide) groups is 1. The van der Waals surface area contributed by atoms with Crippen LogP contribution in [0.4, 0.5) is 0 Å². The van der Waals surface area contributed by atoms with E-state index in [0.717, 1.165) is 0 Å². The molecule has 9 heavy (non-hydrogen) atoms. The van der Waals surface area contributed by atoms with Gasteiger partial charge in [0.25, 0.3) is 0 Å². The van der Waals surface area contributed by atoms with Crippen molar-refractivity contribution in [3.05, 3.63) is 27.3 Å². The molecule has 2 rings (SSSR count). The molecule has 0 radical (unpaired) electrons. The fraction of sp³-hybridized carbons (Fsp3) is 0.143. The summed E-state index contributed by atoms with van der Waals surface area (Å²) < 4.78 is 0. The first-order valence-corrected chi connectivity index (χ1v) is 4.74. The first kappa shape index (κ1) is 5.57. The van der Waals surface area contributed by atoms with Crippen LogP contribution in [-0.2, 0) is 5.75 Å². The highest BCUT2D eigenvalue weighted by atomic mass is 32.2. The van der Waals surface area contributed by atoms with E-state index in [2.05, 4.69) is 22.9 Å². The van der Waals surface area contributed by atoms with Gasteiger partial charge in [0.1, 0.15) is 0 Å². The first-order chi connectivity index (χ1) is 4.47. The minimum absolute atomic E-state index is 1.17. The van der Waals surface area contributed by atoms with E-state index in [0.29, 0.717) is 0 Å². The molecule has 0 fully saturated rings. The normalized spacial score (nSPS) is 15.6. The minimum atomic E-state index is 1.17. The molecule has 0 aromatic carbocycles. The van der Waals surface area contributed by atoms with Crippen molar-refractivity contribution in [3.63, 3.8) is 0 Å². The van der Waals surface area contributed by atoms with Crippen molar-refractivity contribution in [1.82, 2.24) is 0 Å². The van der Waals surface area contributed by atoms with E-state index >= 15 is 0 Å². The molecule has 0 bridgehead atoms. The second kappa shape index (κ2) is 2.20. The number of hydrogen-bond acceptors (Lipinski definition) is 2. The highest BCUT2D eigenvalue weighted by Crippen LogP contribution is 2.28. The SMILES string of the molecule is C1=Cc2ccsc2CS1. The zero-order chi connectivity index (χ0) is 6.10. The second-order valence-electron chi connectivity index (χ2n) is 1.91. The predicted octanol–water partition coefficient (Wildman–Crippen LogP) is 2.97. The van der Waals surface area contributed by atoms with Gasteiger partial charge in [-0.25, -0.2) is 0 Å². The molecule has 0 amide bonds. The van der Waals surface area contributed by atoms with E-state index in [-0.39, 0.29) is 0 Å². The van der Waals surface area contributed by atoms with Gasteiger partial charge in [-0.1, -0.05) is 0 Å². The smallest absolute Gasteiger partial charge is 0.0326 e. The molecule has 0 nitrogen and oxygen atoms in total. The molecule has 0 atom stereocenters. The quantitative estimate of drug-likeness (QED) is 0.553. The summed E-state index contributed by atoms with van der Waals surface area (Å²) >= 11 is 3.73. The van der Waals surface area contributed by atoms with E-state index in [4.69, 9.17) is 0 Å². The third-order valence-electron chi connectivity index (χ3n) is 1.34. The van der Waals surface area contributed by atoms with Gasteiger partial charge in [0, 0.05) is 10.6 Å². The fourth-order valence-electron chi connectivity index (χ4n) is 0.862. The van der Waals surface area contributed by atoms with Crippen LogP contribution in [0.1, 0.15) is 10.4 Å². The summed E-state index contributed by atoms with van der Waals surface area (Å²) in [5, 5.41) is 4.32. The highest BCUT2D eigenvalue weighted by molar-refractivity contribution is 8.01. The summed E-state index contributed by atoms with van der Waals surface area (Å²) in [4.78, 5) is 1.52. The van der Waals surface area contributed by atoms with Crippen molar-refractivity contribution in [2.24, 2.45) is 0 Å². The summed E-state index contributed by atoms with van der Waals surface area (Å²) in [6.45, 7) is 0. The van der Waals surface area contributed by atoms with Gasteiger partial charge in [-0.3, -0.25) is 0 Å². The molecule has 0 unspecified atom stereocenters. The van der Waals surface area contributed by atoms with Crippen LogP contribution in [0.3, 0.4) is 0 Å². The first-order valence-electron chi connectivity index (χ1n) is 2.81. The Hall–Kier alpha value is -0.210. The standard InChI is InChI=1S/C7H6S2/c1-3-8-5-7-6(1)2-4-9-7/h1-4H,5H2. The Balaban J connectivity index is 2.53. The lowest BCUT2D eigenvalue weighted by molar-refractivity contribution is 1.52. The molecule has 0 aliphatic carbocycles. The molecule has 1 aromatic heterocycles. The maximum atomic E-state index is 2.18. The fourth-order valence-corrected chi connectivity index (χ4v) is 2.65. The highest BCUT2D eigenvalue weighted by Gasteiger charge is 2.03. The van der Waals surface area contributed by atoms with Gasteiger partial charge >= 0.3 is 0 Å². The van der Waals surface area contributed by atoms with E-state index in [1.807, 2.05) is 23.1 Å². The van der Waals surface area contributed by atoms with Crippen molar-refractivity contribution in [1.29, 1.82) is 0 Å². The van der Waals surface area contributed by atoms with E-state index in [1.54, 1.807) is 0 Å². The van der Waals surface area contributed by atoms with E-state index in [9.17, 15) is 0 Å². The summed E-state index contributed by atoms with van der Waals surface area (Å²) in [5.41, 5.74) is 1.42. The molecule has 2 heteroatoms. The Kier molecular flexibility index (Phi) is 1.36. The van der Waals surface area contributed by atoms with E-state index in [1.165, 1.54) is 16.2 Å². The van der Waals surface area contributed by atoms with Gasteiger partial charge in [0.05, 0.1) is 0 Å². The maximum absolute atomic E-state index is 2.18. The number of thiophene rings is 1. The molecule has 1 aliphatic rings. The lowest BCUT2D eigenvalue weighted by atomic mass is 10.3. The molecule has 0 spiro atoms. The van der Waals surface area contributed by atoms with Crippen molar-refractivity contribution >= 4 is 29.2 Å². The number of hydrogen-bond donors (Lipinski definition) is 0. The minimum Gasteiger partial charge on any atom is -0.147 e. The average Bonchev–Trinajstić information content (AvgIpc) is 2.33. The topological polar surface area (TPSA) is 0 Å². The lowest BCUT2D eigenvalue weighted by Crippen LogP contribution is -1.79. The van der Waals surface area contributed by atoms with Crippen LogP contribution in [0.5, 0.6) is 0 Å². The van der Waals surface area contributed by atoms with Crippen LogP contribution in [0.2, 0.25) is 0 Å². The van der Waals surface area contributed by atoms with Crippen LogP contribution >= 0.6 is 23.1 Å². The largest absolute Gasteiger partial charge is 0.147 e. The monoisotopic (exact) mass is 154 g/mol. The van der Waals surface area contributed by atoms with Crippen LogP contribution in [0.15, 0.2) is 16.9 Å². The van der Waals surface area contributed by atoms with Gasteiger partial charge in [0.2, 0.25) is 0 Å². The van der Waals surface area contributed by atoms with Crippen molar-refractivity contribution in [2.45, 2.75) is 5.75 Å². The van der Waals surface area contributed by atoms with Crippen LogP contribution < -0.4 is 0 Å². The molecule has 0 saturated carbocycles. The molecule has 2 heterocycles. The van der Waals surface area contributed by atoms with Gasteiger partial charge in [-0.2, -0.15) is 0 Å². The van der Waals surface area contributed by atoms with Crippen molar-refractivity contribution in [2.75, 3.05) is 0 Å². The molecular weight excluding hydrogens is 148 g/mol. The van der Waals surface area contributed by atoms with Crippen molar-refractivity contribution in [3.8, 4) is 0 Å². The molecule has 0 saturated heterocycles. The second-order valence-corrected chi connectivity index (χ2v) is 3.81. The molecular formula is C7H6S2. The molecule has 0 N–H and O–H groups in total. The van der Waals surface area contributed by atoms with Crippen LogP contribution in [-0.4, -0.2) is 0 Å². The molecule has 1 aromatic rings. The Morgan fingerprint density at radius 1 is 1.44 bits per heavy atom. The Bertz CT molecular complexity index is 235. The Morgan fingerprint density at radius 2 is 2.44 bits per heavy atom. The summed E-state index contributed by atoms with van der Waals surface area (Å²) in [5.74, 6) is 1.17. The van der Waals surface area contributed by atoms with Gasteiger partial charge in [-0.15, -0.1) is 23.1 Å². The molecule has 1 aliphatic heterocycles. The van der Waals surface area contributed by atoms with Gasteiger partial charge in [0.15, 0.2) is 0 Å². The van der Waals surface area contributed by atoms with Crippen LogP contribution in [0.25, 0.3) is 6.08 Å². The Morgan fingerprint density at radius 3 is 3.33 bits per heavy atom. The van der Waals surface area contributed by atoms with Gasteiger partial charge < -0.3 is 0 Å². The zero-order valence-electron chi connectivity index (χ0n) is 4.83. The third kappa shape index (κ3) is 0.926.